The summed E-state index contributed by atoms with van der Waals surface area (Å²) in [6, 6.07) is 4.96. The van der Waals surface area contributed by atoms with Crippen LogP contribution in [0.15, 0.2) is 18.2 Å². The molecule has 3 rings (SSSR count). The van der Waals surface area contributed by atoms with Crippen molar-refractivity contribution in [2.75, 3.05) is 25.9 Å². The van der Waals surface area contributed by atoms with Gasteiger partial charge in [-0.2, -0.15) is 0 Å². The molecule has 1 aliphatic carbocycles. The Morgan fingerprint density at radius 3 is 2.39 bits per heavy atom. The fraction of sp³-hybridized carbons (Fsp3) is 0.619. The zero-order valence-corrected chi connectivity index (χ0v) is 17.1. The number of anilines is 1. The molecule has 0 bridgehead atoms. The lowest BCUT2D eigenvalue weighted by Gasteiger charge is -2.51. The van der Waals surface area contributed by atoms with E-state index in [9.17, 15) is 9.59 Å². The molecule has 1 heterocycles. The van der Waals surface area contributed by atoms with Crippen molar-refractivity contribution >= 4 is 17.7 Å². The molecule has 1 spiro atoms. The highest BCUT2D eigenvalue weighted by molar-refractivity contribution is 5.77. The Kier molecular flexibility index (Phi) is 5.46. The first kappa shape index (κ1) is 20.3. The first-order chi connectivity index (χ1) is 13.1. The van der Waals surface area contributed by atoms with E-state index >= 15 is 0 Å². The van der Waals surface area contributed by atoms with Crippen molar-refractivity contribution in [3.8, 4) is 11.5 Å². The van der Waals surface area contributed by atoms with Gasteiger partial charge < -0.3 is 24.8 Å². The molecule has 0 unspecified atom stereocenters. The number of methoxy groups -OCH3 is 1. The third-order valence-corrected chi connectivity index (χ3v) is 5.59. The van der Waals surface area contributed by atoms with Gasteiger partial charge in [0.2, 0.25) is 0 Å². The Labute approximate surface area is 166 Å². The molecule has 0 radical (unpaired) electrons. The highest BCUT2D eigenvalue weighted by Crippen LogP contribution is 2.53. The van der Waals surface area contributed by atoms with Crippen molar-refractivity contribution in [2.24, 2.45) is 11.3 Å². The maximum atomic E-state index is 12.5. The molecule has 1 aromatic rings. The highest BCUT2D eigenvalue weighted by Gasteiger charge is 2.50. The number of nitrogen functional groups attached to an aromatic ring is 1. The molecular formula is C21H30N2O5. The first-order valence-electron chi connectivity index (χ1n) is 9.74. The summed E-state index contributed by atoms with van der Waals surface area (Å²) in [5.74, 6) is 0.616. The number of nitrogens with two attached hydrogens (primary N) is 1. The van der Waals surface area contributed by atoms with Crippen molar-refractivity contribution in [3.63, 3.8) is 0 Å². The van der Waals surface area contributed by atoms with Gasteiger partial charge in [0.1, 0.15) is 17.1 Å². The minimum Gasteiger partial charge on any atom is -0.494 e. The monoisotopic (exact) mass is 390 g/mol. The second-order valence-electron chi connectivity index (χ2n) is 8.90. The quantitative estimate of drug-likeness (QED) is 0.482. The van der Waals surface area contributed by atoms with Crippen LogP contribution in [0.3, 0.4) is 0 Å². The Morgan fingerprint density at radius 2 is 1.82 bits per heavy atom. The van der Waals surface area contributed by atoms with E-state index in [1.807, 2.05) is 20.8 Å². The zero-order chi connectivity index (χ0) is 20.5. The van der Waals surface area contributed by atoms with E-state index in [1.54, 1.807) is 23.1 Å². The van der Waals surface area contributed by atoms with Gasteiger partial charge in [0.15, 0.2) is 0 Å². The topological polar surface area (TPSA) is 91.1 Å². The third-order valence-electron chi connectivity index (χ3n) is 5.59. The molecule has 0 atom stereocenters. The van der Waals surface area contributed by atoms with Gasteiger partial charge in [0, 0.05) is 19.2 Å². The number of nitrogens with zero attached hydrogens (tertiary/aromatic N) is 1. The number of hydrogen-bond donors (Lipinski definition) is 1. The number of piperidine rings is 1. The molecule has 7 nitrogen and oxygen atoms in total. The summed E-state index contributed by atoms with van der Waals surface area (Å²) in [5.41, 5.74) is 5.94. The minimum atomic E-state index is -0.484. The van der Waals surface area contributed by atoms with Crippen LogP contribution in [0.2, 0.25) is 0 Å². The second-order valence-corrected chi connectivity index (χ2v) is 8.90. The van der Waals surface area contributed by atoms with Crippen LogP contribution in [0.25, 0.3) is 0 Å². The van der Waals surface area contributed by atoms with Gasteiger partial charge >= 0.3 is 12.1 Å². The van der Waals surface area contributed by atoms with E-state index < -0.39 is 5.60 Å². The lowest BCUT2D eigenvalue weighted by atomic mass is 9.57. The summed E-state index contributed by atoms with van der Waals surface area (Å²) >= 11 is 0. The number of likely N-dealkylation sites (tertiary alicyclic amines) is 1. The number of carbonyl (C=O) groups excluding carboxylic acids is 2. The molecule has 1 aliphatic heterocycles. The fourth-order valence-electron chi connectivity index (χ4n) is 4.01. The van der Waals surface area contributed by atoms with E-state index in [0.29, 0.717) is 30.3 Å². The third kappa shape index (κ3) is 4.51. The van der Waals surface area contributed by atoms with Crippen LogP contribution in [0.5, 0.6) is 11.5 Å². The van der Waals surface area contributed by atoms with Gasteiger partial charge in [-0.3, -0.25) is 4.79 Å². The minimum absolute atomic E-state index is 0.100. The number of esters is 1. The van der Waals surface area contributed by atoms with Gasteiger partial charge in [0.25, 0.3) is 0 Å². The maximum Gasteiger partial charge on any atom is 0.410 e. The van der Waals surface area contributed by atoms with Crippen LogP contribution in [-0.2, 0) is 9.53 Å². The number of benzene rings is 1. The lowest BCUT2D eigenvalue weighted by Crippen LogP contribution is -2.51. The standard InChI is InChI=1S/C21H30N2O5/c1-20(2,3)28-19(25)23-9-7-21(8-10-23)12-14(13-21)18(24)27-15-5-6-16(22)17(11-15)26-4/h5-6,11,14H,7-10,12-13,22H2,1-4H3. The first-order valence-corrected chi connectivity index (χ1v) is 9.74. The second kappa shape index (κ2) is 7.53. The molecule has 7 heteroatoms. The summed E-state index contributed by atoms with van der Waals surface area (Å²) in [6.45, 7) is 6.96. The predicted molar refractivity (Wildman–Crippen MR) is 105 cm³/mol. The number of hydrogen-bond acceptors (Lipinski definition) is 6. The van der Waals surface area contributed by atoms with Crippen LogP contribution in [0.1, 0.15) is 46.5 Å². The maximum absolute atomic E-state index is 12.5. The number of ether oxygens (including phenoxy) is 3. The van der Waals surface area contributed by atoms with Crippen molar-refractivity contribution in [2.45, 2.75) is 52.1 Å². The van der Waals surface area contributed by atoms with Gasteiger partial charge in [-0.25, -0.2) is 4.79 Å². The van der Waals surface area contributed by atoms with Crippen LogP contribution in [0.4, 0.5) is 10.5 Å². The van der Waals surface area contributed by atoms with Gasteiger partial charge in [-0.1, -0.05) is 0 Å². The van der Waals surface area contributed by atoms with Crippen LogP contribution in [0, 0.1) is 11.3 Å². The molecule has 2 aliphatic rings. The fourth-order valence-corrected chi connectivity index (χ4v) is 4.01. The van der Waals surface area contributed by atoms with Crippen LogP contribution in [-0.4, -0.2) is 42.8 Å². The van der Waals surface area contributed by atoms with Crippen molar-refractivity contribution in [1.82, 2.24) is 4.90 Å². The van der Waals surface area contributed by atoms with Gasteiger partial charge in [0.05, 0.1) is 18.7 Å². The van der Waals surface area contributed by atoms with Crippen molar-refractivity contribution < 1.29 is 23.8 Å². The molecule has 1 aromatic carbocycles. The lowest BCUT2D eigenvalue weighted by molar-refractivity contribution is -0.149. The molecule has 28 heavy (non-hydrogen) atoms. The Balaban J connectivity index is 1.48. The summed E-state index contributed by atoms with van der Waals surface area (Å²) in [7, 11) is 1.52. The van der Waals surface area contributed by atoms with E-state index in [-0.39, 0.29) is 23.4 Å². The van der Waals surface area contributed by atoms with E-state index in [2.05, 4.69) is 0 Å². The normalized spacial score (nSPS) is 19.1. The number of amides is 1. The van der Waals surface area contributed by atoms with Crippen molar-refractivity contribution in [3.05, 3.63) is 18.2 Å². The SMILES string of the molecule is COc1cc(OC(=O)C2CC3(CCN(C(=O)OC(C)(C)C)CC3)C2)ccc1N. The van der Waals surface area contributed by atoms with Gasteiger partial charge in [-0.15, -0.1) is 0 Å². The summed E-state index contributed by atoms with van der Waals surface area (Å²) < 4.78 is 16.1. The van der Waals surface area contributed by atoms with E-state index in [4.69, 9.17) is 19.9 Å². The molecule has 0 aromatic heterocycles. The Hall–Kier alpha value is -2.44. The molecule has 154 valence electrons. The largest absolute Gasteiger partial charge is 0.494 e. The average Bonchev–Trinajstić information content (AvgIpc) is 2.59. The van der Waals surface area contributed by atoms with Crippen molar-refractivity contribution in [1.29, 1.82) is 0 Å². The molecule has 2 fully saturated rings. The smallest absolute Gasteiger partial charge is 0.410 e. The Morgan fingerprint density at radius 1 is 1.18 bits per heavy atom. The number of rotatable bonds is 3. The molecular weight excluding hydrogens is 360 g/mol. The summed E-state index contributed by atoms with van der Waals surface area (Å²) in [4.78, 5) is 26.4. The summed E-state index contributed by atoms with van der Waals surface area (Å²) in [6.07, 6.45) is 3.15. The van der Waals surface area contributed by atoms with Gasteiger partial charge in [-0.05, 0) is 64.0 Å². The molecule has 2 N–H and O–H groups in total. The number of carbonyl (C=O) groups is 2. The highest BCUT2D eigenvalue weighted by atomic mass is 16.6. The van der Waals surface area contributed by atoms with E-state index in [0.717, 1.165) is 25.7 Å². The van der Waals surface area contributed by atoms with Crippen LogP contribution < -0.4 is 15.2 Å². The van der Waals surface area contributed by atoms with Crippen LogP contribution >= 0.6 is 0 Å². The summed E-state index contributed by atoms with van der Waals surface area (Å²) in [5, 5.41) is 0. The Bertz CT molecular complexity index is 740. The predicted octanol–water partition coefficient (Wildman–Crippen LogP) is 3.61. The molecule has 1 saturated heterocycles. The zero-order valence-electron chi connectivity index (χ0n) is 17.1. The molecule has 1 amide bonds. The average molecular weight is 390 g/mol. The molecule has 1 saturated carbocycles. The van der Waals surface area contributed by atoms with E-state index in [1.165, 1.54) is 7.11 Å².